The van der Waals surface area contributed by atoms with Crippen molar-refractivity contribution in [3.63, 3.8) is 0 Å². The van der Waals surface area contributed by atoms with Crippen LogP contribution in [0.15, 0.2) is 21.7 Å². The largest absolute Gasteiger partial charge is 0.492 e. The van der Waals surface area contributed by atoms with Gasteiger partial charge in [-0.1, -0.05) is 13.8 Å². The third-order valence-corrected chi connectivity index (χ3v) is 3.38. The van der Waals surface area contributed by atoms with Crippen molar-refractivity contribution >= 4 is 34.0 Å². The van der Waals surface area contributed by atoms with Crippen LogP contribution in [0, 0.1) is 5.92 Å². The number of nitrogens with zero attached hydrogens (tertiary/aromatic N) is 1. The topological polar surface area (TPSA) is 89.0 Å². The summed E-state index contributed by atoms with van der Waals surface area (Å²) < 4.78 is 11.5. The average molecular weight is 400 g/mol. The van der Waals surface area contributed by atoms with E-state index < -0.39 is 11.8 Å². The third kappa shape index (κ3) is 6.19. The zero-order valence-electron chi connectivity index (χ0n) is 14.2. The molecule has 0 saturated heterocycles. The molecule has 0 fully saturated rings. The van der Waals surface area contributed by atoms with Gasteiger partial charge < -0.3 is 14.8 Å². The summed E-state index contributed by atoms with van der Waals surface area (Å²) in [6.45, 7) is 6.65. The fourth-order valence-electron chi connectivity index (χ4n) is 1.72. The SMILES string of the molecule is CCOc1cc(/C=N\NC(=O)C(=O)NCC(C)C)cc(Br)c1OC. The van der Waals surface area contributed by atoms with E-state index in [1.54, 1.807) is 19.2 Å². The molecule has 0 aliphatic carbocycles. The molecule has 0 radical (unpaired) electrons. The molecule has 0 aliphatic heterocycles. The Morgan fingerprint density at radius 2 is 2.04 bits per heavy atom. The van der Waals surface area contributed by atoms with Crippen molar-refractivity contribution in [1.29, 1.82) is 0 Å². The van der Waals surface area contributed by atoms with Gasteiger partial charge in [-0.3, -0.25) is 9.59 Å². The van der Waals surface area contributed by atoms with E-state index in [2.05, 4.69) is 31.8 Å². The first-order valence-electron chi connectivity index (χ1n) is 7.50. The summed E-state index contributed by atoms with van der Waals surface area (Å²) >= 11 is 3.39. The lowest BCUT2D eigenvalue weighted by molar-refractivity contribution is -0.139. The van der Waals surface area contributed by atoms with Crippen LogP contribution in [0.25, 0.3) is 0 Å². The van der Waals surface area contributed by atoms with Crippen LogP contribution in [0.3, 0.4) is 0 Å². The van der Waals surface area contributed by atoms with Crippen LogP contribution >= 0.6 is 15.9 Å². The van der Waals surface area contributed by atoms with Crippen LogP contribution in [-0.2, 0) is 9.59 Å². The summed E-state index contributed by atoms with van der Waals surface area (Å²) in [5.74, 6) is -0.141. The number of carbonyl (C=O) groups is 2. The molecule has 1 aromatic carbocycles. The Morgan fingerprint density at radius 1 is 1.33 bits per heavy atom. The second-order valence-electron chi connectivity index (χ2n) is 5.27. The minimum Gasteiger partial charge on any atom is -0.492 e. The van der Waals surface area contributed by atoms with E-state index in [4.69, 9.17) is 9.47 Å². The van der Waals surface area contributed by atoms with Crippen LogP contribution in [0.1, 0.15) is 26.3 Å². The van der Waals surface area contributed by atoms with Gasteiger partial charge in [0.05, 0.1) is 24.4 Å². The number of benzene rings is 1. The van der Waals surface area contributed by atoms with Crippen LogP contribution in [0.5, 0.6) is 11.5 Å². The van der Waals surface area contributed by atoms with Gasteiger partial charge in [0, 0.05) is 6.54 Å². The van der Waals surface area contributed by atoms with Gasteiger partial charge in [-0.25, -0.2) is 5.43 Å². The summed E-state index contributed by atoms with van der Waals surface area (Å²) in [7, 11) is 1.55. The molecule has 2 N–H and O–H groups in total. The lowest BCUT2D eigenvalue weighted by Crippen LogP contribution is -2.39. The quantitative estimate of drug-likeness (QED) is 0.417. The summed E-state index contributed by atoms with van der Waals surface area (Å²) in [6, 6.07) is 3.48. The number of methoxy groups -OCH3 is 1. The van der Waals surface area contributed by atoms with Crippen molar-refractivity contribution in [3.05, 3.63) is 22.2 Å². The maximum absolute atomic E-state index is 11.6. The molecule has 2 amide bonds. The number of halogens is 1. The van der Waals surface area contributed by atoms with Crippen molar-refractivity contribution in [2.24, 2.45) is 11.0 Å². The highest BCUT2D eigenvalue weighted by Crippen LogP contribution is 2.36. The summed E-state index contributed by atoms with van der Waals surface area (Å²) in [5, 5.41) is 6.30. The molecule has 0 aliphatic rings. The molecule has 7 nitrogen and oxygen atoms in total. The number of rotatable bonds is 7. The Kier molecular flexibility index (Phi) is 8.25. The van der Waals surface area contributed by atoms with E-state index in [0.717, 1.165) is 0 Å². The lowest BCUT2D eigenvalue weighted by atomic mass is 10.2. The second kappa shape index (κ2) is 9.92. The van der Waals surface area contributed by atoms with E-state index in [1.165, 1.54) is 6.21 Å². The predicted molar refractivity (Wildman–Crippen MR) is 95.4 cm³/mol. The van der Waals surface area contributed by atoms with E-state index in [1.807, 2.05) is 20.8 Å². The molecule has 0 heterocycles. The monoisotopic (exact) mass is 399 g/mol. The number of hydrogen-bond donors (Lipinski definition) is 2. The standard InChI is InChI=1S/C16H22BrN3O4/c1-5-24-13-7-11(6-12(17)14(13)23-4)9-19-20-16(22)15(21)18-8-10(2)3/h6-7,9-10H,5,8H2,1-4H3,(H,18,21)(H,20,22)/b19-9-. The van der Waals surface area contributed by atoms with Gasteiger partial charge in [-0.05, 0) is 46.5 Å². The fourth-order valence-corrected chi connectivity index (χ4v) is 2.34. The van der Waals surface area contributed by atoms with E-state index in [-0.39, 0.29) is 5.92 Å². The molecule has 1 rings (SSSR count). The predicted octanol–water partition coefficient (Wildman–Crippen LogP) is 2.08. The molecule has 24 heavy (non-hydrogen) atoms. The second-order valence-corrected chi connectivity index (χ2v) is 6.12. The molecule has 0 bridgehead atoms. The number of nitrogens with one attached hydrogen (secondary N) is 2. The van der Waals surface area contributed by atoms with Gasteiger partial charge in [0.25, 0.3) is 0 Å². The number of hydrazone groups is 1. The van der Waals surface area contributed by atoms with Crippen LogP contribution in [0.2, 0.25) is 0 Å². The molecule has 0 unspecified atom stereocenters. The highest BCUT2D eigenvalue weighted by molar-refractivity contribution is 9.10. The fraction of sp³-hybridized carbons (Fsp3) is 0.438. The molecule has 132 valence electrons. The van der Waals surface area contributed by atoms with Gasteiger partial charge in [-0.2, -0.15) is 5.10 Å². The van der Waals surface area contributed by atoms with E-state index in [0.29, 0.717) is 34.7 Å². The Bertz CT molecular complexity index is 618. The number of ether oxygens (including phenoxy) is 2. The van der Waals surface area contributed by atoms with E-state index in [9.17, 15) is 9.59 Å². The Hall–Kier alpha value is -2.09. The van der Waals surface area contributed by atoms with E-state index >= 15 is 0 Å². The van der Waals surface area contributed by atoms with Crippen molar-refractivity contribution in [3.8, 4) is 11.5 Å². The van der Waals surface area contributed by atoms with Crippen molar-refractivity contribution < 1.29 is 19.1 Å². The molecule has 0 aromatic heterocycles. The Balaban J connectivity index is 2.73. The molecule has 0 atom stereocenters. The Morgan fingerprint density at radius 3 is 2.62 bits per heavy atom. The van der Waals surface area contributed by atoms with Gasteiger partial charge in [0.2, 0.25) is 0 Å². The number of carbonyl (C=O) groups excluding carboxylic acids is 2. The minimum atomic E-state index is -0.815. The molecular formula is C16H22BrN3O4. The minimum absolute atomic E-state index is 0.263. The van der Waals surface area contributed by atoms with Crippen molar-refractivity contribution in [2.75, 3.05) is 20.3 Å². The van der Waals surface area contributed by atoms with Crippen molar-refractivity contribution in [1.82, 2.24) is 10.7 Å². The molecule has 0 saturated carbocycles. The first-order chi connectivity index (χ1) is 11.4. The number of amides is 2. The highest BCUT2D eigenvalue weighted by atomic mass is 79.9. The molecular weight excluding hydrogens is 378 g/mol. The maximum Gasteiger partial charge on any atom is 0.329 e. The first kappa shape index (κ1) is 20.0. The molecule has 8 heteroatoms. The lowest BCUT2D eigenvalue weighted by Gasteiger charge is -2.11. The maximum atomic E-state index is 11.6. The smallest absolute Gasteiger partial charge is 0.329 e. The van der Waals surface area contributed by atoms with Crippen molar-refractivity contribution in [2.45, 2.75) is 20.8 Å². The van der Waals surface area contributed by atoms with Crippen LogP contribution in [0.4, 0.5) is 0 Å². The van der Waals surface area contributed by atoms with Gasteiger partial charge in [-0.15, -0.1) is 0 Å². The molecule has 0 spiro atoms. The van der Waals surface area contributed by atoms with Gasteiger partial charge >= 0.3 is 11.8 Å². The molecule has 1 aromatic rings. The first-order valence-corrected chi connectivity index (χ1v) is 8.29. The number of hydrogen-bond acceptors (Lipinski definition) is 5. The zero-order chi connectivity index (χ0) is 18.1. The third-order valence-electron chi connectivity index (χ3n) is 2.79. The zero-order valence-corrected chi connectivity index (χ0v) is 15.8. The highest BCUT2D eigenvalue weighted by Gasteiger charge is 2.13. The Labute approximate surface area is 149 Å². The average Bonchev–Trinajstić information content (AvgIpc) is 2.52. The van der Waals surface area contributed by atoms with Gasteiger partial charge in [0.15, 0.2) is 11.5 Å². The van der Waals surface area contributed by atoms with Crippen LogP contribution in [-0.4, -0.2) is 38.3 Å². The normalized spacial score (nSPS) is 10.8. The summed E-state index contributed by atoms with van der Waals surface area (Å²) in [4.78, 5) is 23.1. The summed E-state index contributed by atoms with van der Waals surface area (Å²) in [5.41, 5.74) is 2.86. The summed E-state index contributed by atoms with van der Waals surface area (Å²) in [6.07, 6.45) is 1.42. The van der Waals surface area contributed by atoms with Crippen LogP contribution < -0.4 is 20.2 Å². The van der Waals surface area contributed by atoms with Gasteiger partial charge in [0.1, 0.15) is 0 Å².